The van der Waals surface area contributed by atoms with Gasteiger partial charge in [0.1, 0.15) is 0 Å². The molecule has 4 heteroatoms. The van der Waals surface area contributed by atoms with E-state index < -0.39 is 0 Å². The number of rotatable bonds is 4. The van der Waals surface area contributed by atoms with Crippen LogP contribution in [0.25, 0.3) is 0 Å². The molecule has 0 spiro atoms. The van der Waals surface area contributed by atoms with Crippen LogP contribution < -0.4 is 11.1 Å². The van der Waals surface area contributed by atoms with Gasteiger partial charge in [-0.1, -0.05) is 28.9 Å². The summed E-state index contributed by atoms with van der Waals surface area (Å²) in [6, 6.07) is 7.52. The Bertz CT molecular complexity index is 341. The fraction of sp³-hybridized carbons (Fsp3) is 0.364. The quantitative estimate of drug-likeness (QED) is 0.883. The highest BCUT2D eigenvalue weighted by atomic mass is 79.9. The zero-order chi connectivity index (χ0) is 11.3. The van der Waals surface area contributed by atoms with Crippen LogP contribution in [-0.4, -0.2) is 12.5 Å². The lowest BCUT2D eigenvalue weighted by atomic mass is 10.1. The number of nitrogens with two attached hydrogens (primary N) is 1. The highest BCUT2D eigenvalue weighted by Crippen LogP contribution is 2.16. The van der Waals surface area contributed by atoms with Gasteiger partial charge in [-0.05, 0) is 31.2 Å². The van der Waals surface area contributed by atoms with Crippen molar-refractivity contribution < 1.29 is 4.79 Å². The van der Waals surface area contributed by atoms with E-state index in [1.165, 1.54) is 0 Å². The number of hydrogen-bond donors (Lipinski definition) is 2. The summed E-state index contributed by atoms with van der Waals surface area (Å²) in [4.78, 5) is 11.6. The summed E-state index contributed by atoms with van der Waals surface area (Å²) in [5.41, 5.74) is 6.20. The topological polar surface area (TPSA) is 55.1 Å². The molecule has 0 aromatic heterocycles. The van der Waals surface area contributed by atoms with Crippen LogP contribution in [0.15, 0.2) is 28.7 Å². The van der Waals surface area contributed by atoms with Crippen LogP contribution in [0.3, 0.4) is 0 Å². The normalized spacial score (nSPS) is 12.2. The molecule has 15 heavy (non-hydrogen) atoms. The predicted octanol–water partition coefficient (Wildman–Crippen LogP) is 2.37. The average Bonchev–Trinajstić information content (AvgIpc) is 2.18. The molecule has 1 atom stereocenters. The van der Waals surface area contributed by atoms with E-state index in [1.807, 2.05) is 31.2 Å². The second-order valence-corrected chi connectivity index (χ2v) is 4.39. The first-order valence-corrected chi connectivity index (χ1v) is 5.69. The molecule has 0 fully saturated rings. The van der Waals surface area contributed by atoms with E-state index in [2.05, 4.69) is 21.2 Å². The number of carbonyl (C=O) groups is 1. The van der Waals surface area contributed by atoms with E-state index in [0.717, 1.165) is 10.2 Å². The summed E-state index contributed by atoms with van der Waals surface area (Å²) >= 11 is 3.35. The van der Waals surface area contributed by atoms with E-state index in [1.54, 1.807) is 0 Å². The highest BCUT2D eigenvalue weighted by Gasteiger charge is 2.11. The summed E-state index contributed by atoms with van der Waals surface area (Å²) in [5, 5.41) is 2.84. The number of carbonyl (C=O) groups excluding carboxylic acids is 1. The van der Waals surface area contributed by atoms with E-state index >= 15 is 0 Å². The molecule has 0 aliphatic carbocycles. The van der Waals surface area contributed by atoms with E-state index in [4.69, 9.17) is 5.73 Å². The third kappa shape index (κ3) is 4.01. The molecule has 1 aromatic rings. The number of benzene rings is 1. The Hall–Kier alpha value is -0.870. The molecule has 0 heterocycles. The van der Waals surface area contributed by atoms with Crippen LogP contribution in [0.2, 0.25) is 0 Å². The zero-order valence-electron chi connectivity index (χ0n) is 8.66. The van der Waals surface area contributed by atoms with Crippen molar-refractivity contribution in [3.05, 3.63) is 28.7 Å². The lowest BCUT2D eigenvalue weighted by Gasteiger charge is -2.11. The van der Waals surface area contributed by atoms with Crippen molar-refractivity contribution in [3.63, 3.8) is 0 Å². The number of amides is 1. The molecule has 0 saturated heterocycles. The van der Waals surface area contributed by atoms with Crippen LogP contribution in [0, 0.1) is 5.92 Å². The largest absolute Gasteiger partial charge is 0.330 e. The molecular formula is C11H15BrN2O. The lowest BCUT2D eigenvalue weighted by Crippen LogP contribution is -2.22. The monoisotopic (exact) mass is 270 g/mol. The van der Waals surface area contributed by atoms with Gasteiger partial charge in [-0.15, -0.1) is 0 Å². The third-order valence-corrected chi connectivity index (χ3v) is 2.63. The molecule has 1 aromatic carbocycles. The van der Waals surface area contributed by atoms with Crippen molar-refractivity contribution in [1.29, 1.82) is 0 Å². The first-order valence-electron chi connectivity index (χ1n) is 4.90. The van der Waals surface area contributed by atoms with Crippen molar-refractivity contribution in [2.45, 2.75) is 13.3 Å². The maximum absolute atomic E-state index is 11.6. The number of hydrogen-bond acceptors (Lipinski definition) is 2. The van der Waals surface area contributed by atoms with Crippen molar-refractivity contribution in [2.75, 3.05) is 11.9 Å². The molecular weight excluding hydrogens is 256 g/mol. The molecule has 1 unspecified atom stereocenters. The fourth-order valence-corrected chi connectivity index (χ4v) is 1.61. The SMILES string of the molecule is CC(CCN)C(=O)Nc1cccc(Br)c1. The number of nitrogens with one attached hydrogen (secondary N) is 1. The zero-order valence-corrected chi connectivity index (χ0v) is 10.3. The smallest absolute Gasteiger partial charge is 0.227 e. The Kier molecular flexibility index (Phi) is 4.78. The van der Waals surface area contributed by atoms with Crippen LogP contribution >= 0.6 is 15.9 Å². The van der Waals surface area contributed by atoms with Gasteiger partial charge in [0.15, 0.2) is 0 Å². The molecule has 3 N–H and O–H groups in total. The second kappa shape index (κ2) is 5.88. The fourth-order valence-electron chi connectivity index (χ4n) is 1.21. The van der Waals surface area contributed by atoms with E-state index in [-0.39, 0.29) is 11.8 Å². The molecule has 1 amide bonds. The second-order valence-electron chi connectivity index (χ2n) is 3.48. The Labute approximate surface area is 98.2 Å². The van der Waals surface area contributed by atoms with Gasteiger partial charge in [-0.3, -0.25) is 4.79 Å². The molecule has 0 saturated carbocycles. The van der Waals surface area contributed by atoms with Crippen LogP contribution in [0.5, 0.6) is 0 Å². The van der Waals surface area contributed by atoms with Crippen molar-refractivity contribution in [1.82, 2.24) is 0 Å². The van der Waals surface area contributed by atoms with Crippen LogP contribution in [-0.2, 0) is 4.79 Å². The van der Waals surface area contributed by atoms with E-state index in [0.29, 0.717) is 13.0 Å². The van der Waals surface area contributed by atoms with E-state index in [9.17, 15) is 4.79 Å². The third-order valence-electron chi connectivity index (χ3n) is 2.14. The Morgan fingerprint density at radius 3 is 2.93 bits per heavy atom. The summed E-state index contributed by atoms with van der Waals surface area (Å²) in [6.07, 6.45) is 0.708. The first kappa shape index (κ1) is 12.2. The van der Waals surface area contributed by atoms with Gasteiger partial charge in [-0.25, -0.2) is 0 Å². The van der Waals surface area contributed by atoms with Gasteiger partial charge in [0.05, 0.1) is 0 Å². The number of anilines is 1. The maximum atomic E-state index is 11.6. The minimum atomic E-state index is -0.0472. The predicted molar refractivity (Wildman–Crippen MR) is 65.6 cm³/mol. The van der Waals surface area contributed by atoms with Crippen LogP contribution in [0.4, 0.5) is 5.69 Å². The summed E-state index contributed by atoms with van der Waals surface area (Å²) in [6.45, 7) is 2.41. The van der Waals surface area contributed by atoms with Gasteiger partial charge in [0.2, 0.25) is 5.91 Å². The summed E-state index contributed by atoms with van der Waals surface area (Å²) in [5.74, 6) is -0.0347. The lowest BCUT2D eigenvalue weighted by molar-refractivity contribution is -0.119. The van der Waals surface area contributed by atoms with Gasteiger partial charge < -0.3 is 11.1 Å². The Morgan fingerprint density at radius 1 is 1.60 bits per heavy atom. The van der Waals surface area contributed by atoms with Crippen molar-refractivity contribution >= 4 is 27.5 Å². The first-order chi connectivity index (χ1) is 7.13. The maximum Gasteiger partial charge on any atom is 0.227 e. The Balaban J connectivity index is 2.58. The molecule has 0 aliphatic heterocycles. The molecule has 0 bridgehead atoms. The van der Waals surface area contributed by atoms with Gasteiger partial charge >= 0.3 is 0 Å². The van der Waals surface area contributed by atoms with Gasteiger partial charge in [0.25, 0.3) is 0 Å². The number of halogens is 1. The molecule has 3 nitrogen and oxygen atoms in total. The highest BCUT2D eigenvalue weighted by molar-refractivity contribution is 9.10. The van der Waals surface area contributed by atoms with Gasteiger partial charge in [0, 0.05) is 16.1 Å². The Morgan fingerprint density at radius 2 is 2.33 bits per heavy atom. The summed E-state index contributed by atoms with van der Waals surface area (Å²) < 4.78 is 0.951. The average molecular weight is 271 g/mol. The van der Waals surface area contributed by atoms with Gasteiger partial charge in [-0.2, -0.15) is 0 Å². The minimum absolute atomic E-state index is 0.0125. The standard InChI is InChI=1S/C11H15BrN2O/c1-8(5-6-13)11(15)14-10-4-2-3-9(12)7-10/h2-4,7-8H,5-6,13H2,1H3,(H,14,15). The molecule has 1 rings (SSSR count). The molecule has 82 valence electrons. The van der Waals surface area contributed by atoms with Crippen molar-refractivity contribution in [3.8, 4) is 0 Å². The molecule has 0 radical (unpaired) electrons. The van der Waals surface area contributed by atoms with Crippen LogP contribution in [0.1, 0.15) is 13.3 Å². The van der Waals surface area contributed by atoms with Crippen molar-refractivity contribution in [2.24, 2.45) is 11.7 Å². The minimum Gasteiger partial charge on any atom is -0.330 e. The summed E-state index contributed by atoms with van der Waals surface area (Å²) in [7, 11) is 0. The molecule has 0 aliphatic rings.